The molecular formula is C19H22F2N2O6. The number of hydrogen-bond acceptors (Lipinski definition) is 6. The van der Waals surface area contributed by atoms with Crippen molar-refractivity contribution in [3.63, 3.8) is 0 Å². The van der Waals surface area contributed by atoms with Crippen molar-refractivity contribution in [2.24, 2.45) is 0 Å². The summed E-state index contributed by atoms with van der Waals surface area (Å²) in [6, 6.07) is 0.432. The van der Waals surface area contributed by atoms with E-state index in [2.05, 4.69) is 0 Å². The van der Waals surface area contributed by atoms with Crippen LogP contribution in [0.5, 0.6) is 5.75 Å². The summed E-state index contributed by atoms with van der Waals surface area (Å²) in [6.07, 6.45) is -1.08. The van der Waals surface area contributed by atoms with Crippen molar-refractivity contribution in [1.29, 1.82) is 0 Å². The van der Waals surface area contributed by atoms with Crippen molar-refractivity contribution < 1.29 is 37.4 Å². The highest BCUT2D eigenvalue weighted by atomic mass is 19.1. The number of carbonyl (C=O) groups excluding carboxylic acids is 3. The number of hydrogen-bond donors (Lipinski definition) is 0. The number of amides is 2. The Morgan fingerprint density at radius 2 is 1.93 bits per heavy atom. The average Bonchev–Trinajstić information content (AvgIpc) is 2.97. The zero-order valence-electron chi connectivity index (χ0n) is 16.7. The lowest BCUT2D eigenvalue weighted by molar-refractivity contribution is -0.145. The van der Waals surface area contributed by atoms with Crippen LogP contribution in [0.25, 0.3) is 0 Å². The largest absolute Gasteiger partial charge is 0.473 e. The number of anilines is 1. The van der Waals surface area contributed by atoms with Gasteiger partial charge in [0.05, 0.1) is 13.7 Å². The minimum absolute atomic E-state index is 0.195. The van der Waals surface area contributed by atoms with Crippen LogP contribution in [0, 0.1) is 11.6 Å². The van der Waals surface area contributed by atoms with E-state index in [1.165, 1.54) is 7.05 Å². The Kier molecular flexibility index (Phi) is 4.92. The van der Waals surface area contributed by atoms with Crippen LogP contribution in [0.3, 0.4) is 0 Å². The Morgan fingerprint density at radius 3 is 2.52 bits per heavy atom. The second kappa shape index (κ2) is 6.85. The molecule has 0 unspecified atom stereocenters. The Bertz CT molecular complexity index is 884. The number of nitrogens with zero attached hydrogens (tertiary/aromatic N) is 2. The third-order valence-corrected chi connectivity index (χ3v) is 4.75. The molecule has 8 nitrogen and oxygen atoms in total. The van der Waals surface area contributed by atoms with Gasteiger partial charge in [0, 0.05) is 25.6 Å². The molecule has 1 aromatic carbocycles. The minimum Gasteiger partial charge on any atom is -0.473 e. The highest BCUT2D eigenvalue weighted by molar-refractivity contribution is 6.04. The summed E-state index contributed by atoms with van der Waals surface area (Å²) in [6.45, 7) is 4.62. The Balaban J connectivity index is 2.02. The molecule has 2 aliphatic rings. The Labute approximate surface area is 166 Å². The Morgan fingerprint density at radius 1 is 1.28 bits per heavy atom. The number of rotatable bonds is 1. The molecule has 1 fully saturated rings. The fourth-order valence-corrected chi connectivity index (χ4v) is 3.57. The van der Waals surface area contributed by atoms with Gasteiger partial charge < -0.3 is 19.1 Å². The predicted octanol–water partition coefficient (Wildman–Crippen LogP) is 2.24. The quantitative estimate of drug-likeness (QED) is 0.658. The molecule has 158 valence electrons. The molecule has 2 amide bonds. The third-order valence-electron chi connectivity index (χ3n) is 4.75. The lowest BCUT2D eigenvalue weighted by Crippen LogP contribution is -2.57. The van der Waals surface area contributed by atoms with Gasteiger partial charge in [-0.2, -0.15) is 0 Å². The molecule has 0 radical (unpaired) electrons. The molecule has 0 N–H and O–H groups in total. The number of methoxy groups -OCH3 is 1. The van der Waals surface area contributed by atoms with Gasteiger partial charge >= 0.3 is 12.1 Å². The van der Waals surface area contributed by atoms with E-state index in [-0.39, 0.29) is 24.4 Å². The van der Waals surface area contributed by atoms with E-state index >= 15 is 0 Å². The van der Waals surface area contributed by atoms with E-state index in [0.29, 0.717) is 6.07 Å². The van der Waals surface area contributed by atoms with Gasteiger partial charge in [0.25, 0.3) is 5.91 Å². The van der Waals surface area contributed by atoms with Gasteiger partial charge in [0.1, 0.15) is 23.1 Å². The number of halogens is 2. The van der Waals surface area contributed by atoms with Crippen molar-refractivity contribution in [2.45, 2.75) is 44.4 Å². The number of fused-ring (bicyclic) bond motifs is 1. The predicted molar refractivity (Wildman–Crippen MR) is 96.5 cm³/mol. The number of likely N-dealkylation sites (N-methyl/N-ethyl adjacent to an activating group) is 1. The van der Waals surface area contributed by atoms with Gasteiger partial charge in [-0.3, -0.25) is 9.69 Å². The number of carbonyl (C=O) groups is 3. The van der Waals surface area contributed by atoms with Crippen LogP contribution in [0.4, 0.5) is 19.3 Å². The van der Waals surface area contributed by atoms with Crippen molar-refractivity contribution >= 4 is 23.7 Å². The van der Waals surface area contributed by atoms with Crippen molar-refractivity contribution in [3.05, 3.63) is 23.8 Å². The van der Waals surface area contributed by atoms with E-state index in [4.69, 9.17) is 14.2 Å². The average molecular weight is 412 g/mol. The normalized spacial score (nSPS) is 23.7. The SMILES string of the molecule is COC(=O)[C@@H]1C[C@]2(CN1C(=O)OC(C)(C)C)Oc1cc(F)cc(F)c1N(C)C2=O. The lowest BCUT2D eigenvalue weighted by Gasteiger charge is -2.38. The smallest absolute Gasteiger partial charge is 0.411 e. The summed E-state index contributed by atoms with van der Waals surface area (Å²) in [5, 5.41) is 0. The number of ether oxygens (including phenoxy) is 3. The van der Waals surface area contributed by atoms with Gasteiger partial charge in [0.15, 0.2) is 11.6 Å². The molecule has 1 saturated heterocycles. The molecule has 2 aliphatic heterocycles. The molecule has 0 aliphatic carbocycles. The fourth-order valence-electron chi connectivity index (χ4n) is 3.57. The van der Waals surface area contributed by atoms with Crippen molar-refractivity contribution in [3.8, 4) is 5.75 Å². The van der Waals surface area contributed by atoms with E-state index in [1.54, 1.807) is 20.8 Å². The van der Waals surface area contributed by atoms with E-state index in [0.717, 1.165) is 23.0 Å². The zero-order valence-corrected chi connectivity index (χ0v) is 16.7. The Hall–Kier alpha value is -2.91. The monoisotopic (exact) mass is 412 g/mol. The van der Waals surface area contributed by atoms with Crippen LogP contribution in [0.15, 0.2) is 12.1 Å². The highest BCUT2D eigenvalue weighted by Gasteiger charge is 2.59. The molecule has 2 atom stereocenters. The summed E-state index contributed by atoms with van der Waals surface area (Å²) in [4.78, 5) is 40.1. The van der Waals surface area contributed by atoms with Crippen LogP contribution < -0.4 is 9.64 Å². The number of esters is 1. The third kappa shape index (κ3) is 3.58. The standard InChI is InChI=1S/C19H22F2N2O6/c1-18(2,3)29-17(26)23-9-19(8-12(23)15(24)27-5)16(25)22(4)14-11(21)6-10(20)7-13(14)28-19/h6-7,12H,8-9H2,1-5H3/t12-,19+/m0/s1. The molecule has 2 heterocycles. The number of likely N-dealkylation sites (tertiary alicyclic amines) is 1. The van der Waals surface area contributed by atoms with E-state index < -0.39 is 46.8 Å². The van der Waals surface area contributed by atoms with Gasteiger partial charge in [-0.25, -0.2) is 18.4 Å². The maximum absolute atomic E-state index is 14.2. The van der Waals surface area contributed by atoms with Crippen molar-refractivity contribution in [1.82, 2.24) is 4.90 Å². The summed E-state index contributed by atoms with van der Waals surface area (Å²) >= 11 is 0. The second-order valence-corrected chi connectivity index (χ2v) is 8.05. The maximum Gasteiger partial charge on any atom is 0.411 e. The first-order valence-corrected chi connectivity index (χ1v) is 8.92. The van der Waals surface area contributed by atoms with Crippen molar-refractivity contribution in [2.75, 3.05) is 25.6 Å². The van der Waals surface area contributed by atoms with Crippen LogP contribution in [0.2, 0.25) is 0 Å². The van der Waals surface area contributed by atoms with Crippen LogP contribution in [-0.4, -0.2) is 60.8 Å². The van der Waals surface area contributed by atoms with Gasteiger partial charge in [-0.1, -0.05) is 0 Å². The molecule has 29 heavy (non-hydrogen) atoms. The van der Waals surface area contributed by atoms with Crippen LogP contribution >= 0.6 is 0 Å². The van der Waals surface area contributed by atoms with Crippen LogP contribution in [0.1, 0.15) is 27.2 Å². The summed E-state index contributed by atoms with van der Waals surface area (Å²) in [5.74, 6) is -3.47. The first-order valence-electron chi connectivity index (χ1n) is 8.92. The molecule has 1 aromatic rings. The van der Waals surface area contributed by atoms with E-state index in [9.17, 15) is 23.2 Å². The molecule has 0 saturated carbocycles. The summed E-state index contributed by atoms with van der Waals surface area (Å²) in [5.41, 5.74) is -2.77. The van der Waals surface area contributed by atoms with Gasteiger partial charge in [0.2, 0.25) is 5.60 Å². The molecular weight excluding hydrogens is 390 g/mol. The maximum atomic E-state index is 14.2. The fraction of sp³-hybridized carbons (Fsp3) is 0.526. The first-order chi connectivity index (χ1) is 13.4. The number of benzene rings is 1. The zero-order chi connectivity index (χ0) is 21.7. The van der Waals surface area contributed by atoms with Gasteiger partial charge in [-0.15, -0.1) is 0 Å². The topological polar surface area (TPSA) is 85.4 Å². The molecule has 10 heteroatoms. The lowest BCUT2D eigenvalue weighted by atomic mass is 9.95. The second-order valence-electron chi connectivity index (χ2n) is 8.05. The van der Waals surface area contributed by atoms with Crippen LogP contribution in [-0.2, 0) is 19.1 Å². The molecule has 3 rings (SSSR count). The van der Waals surface area contributed by atoms with Gasteiger partial charge in [-0.05, 0) is 20.8 Å². The minimum atomic E-state index is -1.71. The first kappa shape index (κ1) is 20.8. The summed E-state index contributed by atoms with van der Waals surface area (Å²) < 4.78 is 43.8. The molecule has 0 aromatic heterocycles. The molecule has 0 bridgehead atoms. The molecule has 1 spiro atoms. The highest BCUT2D eigenvalue weighted by Crippen LogP contribution is 2.44. The summed E-state index contributed by atoms with van der Waals surface area (Å²) in [7, 11) is 2.46. The van der Waals surface area contributed by atoms with E-state index in [1.807, 2.05) is 0 Å².